The van der Waals surface area contributed by atoms with Gasteiger partial charge in [0, 0.05) is 0 Å². The maximum Gasteiger partial charge on any atom is 0.397 e. The van der Waals surface area contributed by atoms with E-state index in [1.807, 2.05) is 0 Å². The van der Waals surface area contributed by atoms with Crippen molar-refractivity contribution in [3.05, 3.63) is 59.6 Å². The van der Waals surface area contributed by atoms with E-state index in [-0.39, 0.29) is 54.0 Å². The molecule has 0 bridgehead atoms. The summed E-state index contributed by atoms with van der Waals surface area (Å²) in [5.74, 6) is -0.988. The molecule has 4 aliphatic carbocycles. The molecule has 1 aromatic heterocycles. The number of benzene rings is 1. The molecule has 0 spiro atoms. The molecule has 4 aliphatic rings. The standard InChI is InChI=1S/C37H50N2O15S3/c1-20(2)30(51-35(41)34-38-19-29(39-34)22-7-9-23(40)10-8-22)13-6-21(3)25-11-12-26-24-16-31(52-55(42,43)44)28-17-32(53-56(45,46)47)33(54-57(48,49)50)18-37(28,5)27(24)14-15-36(25,26)4/h7-10,19,21,25-26,28,30-33,40H,1,6,11-18H2,2-5H3,(H,38,39)(H,42,43,44)(H,45,46,47)(H,48,49,50)/t21-,25-,26+,28-,30-,31+,32-,33+,36-,37-/m1/s1. The van der Waals surface area contributed by atoms with Gasteiger partial charge in [-0.15, -0.1) is 0 Å². The van der Waals surface area contributed by atoms with Crippen LogP contribution in [0.1, 0.15) is 96.1 Å². The lowest BCUT2D eigenvalue weighted by molar-refractivity contribution is -0.0872. The highest BCUT2D eigenvalue weighted by Crippen LogP contribution is 2.66. The molecule has 316 valence electrons. The van der Waals surface area contributed by atoms with Crippen molar-refractivity contribution in [2.24, 2.45) is 34.5 Å². The Hall–Kier alpha value is -3.21. The zero-order chi connectivity index (χ0) is 41.9. The van der Waals surface area contributed by atoms with E-state index in [1.165, 1.54) is 18.3 Å². The molecule has 0 radical (unpaired) electrons. The highest BCUT2D eigenvalue weighted by atomic mass is 32.3. The second-order valence-electron chi connectivity index (χ2n) is 16.6. The Balaban J connectivity index is 1.20. The zero-order valence-electron chi connectivity index (χ0n) is 32.0. The fourth-order valence-corrected chi connectivity index (χ4v) is 12.2. The Kier molecular flexibility index (Phi) is 12.0. The molecule has 5 N–H and O–H groups in total. The van der Waals surface area contributed by atoms with Crippen molar-refractivity contribution in [2.45, 2.75) is 110 Å². The number of rotatable bonds is 14. The van der Waals surface area contributed by atoms with Gasteiger partial charge in [-0.2, -0.15) is 25.3 Å². The molecule has 20 heteroatoms. The first kappa shape index (κ1) is 43.4. The van der Waals surface area contributed by atoms with Crippen LogP contribution in [0.3, 0.4) is 0 Å². The fraction of sp³-hybridized carbons (Fsp3) is 0.622. The lowest BCUT2D eigenvalue weighted by Gasteiger charge is -2.57. The van der Waals surface area contributed by atoms with E-state index >= 15 is 0 Å². The number of nitrogens with zero attached hydrogens (tertiary/aromatic N) is 1. The number of fused-ring (bicyclic) bond motifs is 4. The topological polar surface area (TPSA) is 266 Å². The summed E-state index contributed by atoms with van der Waals surface area (Å²) in [6.07, 6.45) is 0.104. The smallest absolute Gasteiger partial charge is 0.397 e. The SMILES string of the molecule is C=C(C)[C@@H](CC[C@@H](C)[C@H]1CC[C@H]2C3=C(CC[C@]12C)[C@@]1(C)C[C@H](OS(=O)(=O)O)[C@H](OS(=O)(=O)O)C[C@@H]1[C@@H](OS(=O)(=O)O)C3)OC(=O)c1ncc(-c2ccc(O)cc2)[nH]1. The minimum absolute atomic E-state index is 0.0322. The van der Waals surface area contributed by atoms with Crippen molar-refractivity contribution >= 4 is 37.2 Å². The van der Waals surface area contributed by atoms with Crippen molar-refractivity contribution in [3.63, 3.8) is 0 Å². The third-order valence-corrected chi connectivity index (χ3v) is 14.6. The molecule has 0 aliphatic heterocycles. The van der Waals surface area contributed by atoms with E-state index in [9.17, 15) is 48.8 Å². The van der Waals surface area contributed by atoms with E-state index < -0.39 is 72.9 Å². The van der Waals surface area contributed by atoms with Gasteiger partial charge in [-0.05, 0) is 135 Å². The molecule has 0 saturated heterocycles. The van der Waals surface area contributed by atoms with Gasteiger partial charge in [0.1, 0.15) is 24.1 Å². The number of ether oxygens (including phenoxy) is 1. The minimum Gasteiger partial charge on any atom is -0.508 e. The van der Waals surface area contributed by atoms with Gasteiger partial charge in [0.2, 0.25) is 5.82 Å². The maximum absolute atomic E-state index is 13.2. The predicted molar refractivity (Wildman–Crippen MR) is 203 cm³/mol. The number of hydrogen-bond acceptors (Lipinski definition) is 13. The summed E-state index contributed by atoms with van der Waals surface area (Å²) in [5.41, 5.74) is 2.56. The molecular weight excluding hydrogens is 809 g/mol. The van der Waals surface area contributed by atoms with Crippen molar-refractivity contribution in [1.29, 1.82) is 0 Å². The summed E-state index contributed by atoms with van der Waals surface area (Å²) >= 11 is 0. The van der Waals surface area contributed by atoms with E-state index in [4.69, 9.17) is 17.3 Å². The molecule has 10 atom stereocenters. The van der Waals surface area contributed by atoms with Crippen LogP contribution in [-0.4, -0.2) is 84.4 Å². The highest BCUT2D eigenvalue weighted by molar-refractivity contribution is 7.81. The quantitative estimate of drug-likeness (QED) is 0.0853. The Morgan fingerprint density at radius 3 is 2.18 bits per heavy atom. The number of phenols is 1. The van der Waals surface area contributed by atoms with Gasteiger partial charge in [-0.25, -0.2) is 22.3 Å². The highest BCUT2D eigenvalue weighted by Gasteiger charge is 2.61. The van der Waals surface area contributed by atoms with Crippen molar-refractivity contribution in [2.75, 3.05) is 0 Å². The van der Waals surface area contributed by atoms with Crippen LogP contribution in [-0.2, 0) is 48.5 Å². The molecule has 2 aromatic rings. The number of carbonyl (C=O) groups is 1. The number of allylic oxidation sites excluding steroid dienone is 1. The normalized spacial score (nSPS) is 31.5. The van der Waals surface area contributed by atoms with Crippen LogP contribution in [0.2, 0.25) is 0 Å². The van der Waals surface area contributed by atoms with E-state index in [2.05, 4.69) is 30.4 Å². The number of phenolic OH excluding ortho intramolecular Hbond substituents is 1. The number of nitrogens with one attached hydrogen (secondary N) is 1. The second kappa shape index (κ2) is 15.8. The van der Waals surface area contributed by atoms with Crippen molar-refractivity contribution < 1.29 is 66.1 Å². The first-order valence-corrected chi connectivity index (χ1v) is 22.9. The molecule has 0 amide bonds. The largest absolute Gasteiger partial charge is 0.508 e. The van der Waals surface area contributed by atoms with Gasteiger partial charge in [0.15, 0.2) is 0 Å². The summed E-state index contributed by atoms with van der Waals surface area (Å²) in [4.78, 5) is 20.4. The number of aromatic amines is 1. The van der Waals surface area contributed by atoms with Crippen molar-refractivity contribution in [1.82, 2.24) is 9.97 Å². The first-order valence-electron chi connectivity index (χ1n) is 18.8. The Bertz CT molecular complexity index is 2240. The summed E-state index contributed by atoms with van der Waals surface area (Å²) < 4.78 is 121. The number of imidazole rings is 1. The minimum atomic E-state index is -5.14. The van der Waals surface area contributed by atoms with Crippen molar-refractivity contribution in [3.8, 4) is 17.0 Å². The Labute approximate surface area is 333 Å². The van der Waals surface area contributed by atoms with Gasteiger partial charge in [-0.1, -0.05) is 38.5 Å². The van der Waals surface area contributed by atoms with Crippen LogP contribution in [0.15, 0.2) is 53.8 Å². The third kappa shape index (κ3) is 9.49. The fourth-order valence-electron chi connectivity index (χ4n) is 10.6. The lowest BCUT2D eigenvalue weighted by atomic mass is 9.49. The number of aromatic hydroxyl groups is 1. The van der Waals surface area contributed by atoms with Crippen LogP contribution >= 0.6 is 0 Å². The zero-order valence-corrected chi connectivity index (χ0v) is 34.5. The average Bonchev–Trinajstić information content (AvgIpc) is 3.71. The van der Waals surface area contributed by atoms with E-state index in [1.54, 1.807) is 26.0 Å². The van der Waals surface area contributed by atoms with Gasteiger partial charge in [-0.3, -0.25) is 13.7 Å². The van der Waals surface area contributed by atoms with Gasteiger partial charge < -0.3 is 14.8 Å². The Morgan fingerprint density at radius 1 is 0.947 bits per heavy atom. The molecule has 17 nitrogen and oxygen atoms in total. The number of hydrogen-bond donors (Lipinski definition) is 5. The molecule has 0 unspecified atom stereocenters. The molecule has 1 aromatic carbocycles. The van der Waals surface area contributed by atoms with Crippen LogP contribution in [0.5, 0.6) is 5.75 Å². The molecule has 1 heterocycles. The van der Waals surface area contributed by atoms with Crippen LogP contribution < -0.4 is 0 Å². The van der Waals surface area contributed by atoms with Gasteiger partial charge >= 0.3 is 37.2 Å². The Morgan fingerprint density at radius 2 is 1.56 bits per heavy atom. The summed E-state index contributed by atoms with van der Waals surface area (Å²) in [6.45, 7) is 12.0. The summed E-state index contributed by atoms with van der Waals surface area (Å²) in [7, 11) is -15.3. The van der Waals surface area contributed by atoms with Crippen LogP contribution in [0.25, 0.3) is 11.3 Å². The number of esters is 1. The third-order valence-electron chi connectivity index (χ3n) is 13.1. The average molecular weight is 859 g/mol. The molecule has 6 rings (SSSR count). The monoisotopic (exact) mass is 858 g/mol. The van der Waals surface area contributed by atoms with Crippen LogP contribution in [0, 0.1) is 34.5 Å². The van der Waals surface area contributed by atoms with Gasteiger partial charge in [0.25, 0.3) is 0 Å². The number of carbonyl (C=O) groups excluding carboxylic acids is 1. The second-order valence-corrected chi connectivity index (χ2v) is 19.7. The number of aromatic nitrogens is 2. The van der Waals surface area contributed by atoms with Crippen LogP contribution in [0.4, 0.5) is 0 Å². The summed E-state index contributed by atoms with van der Waals surface area (Å²) in [5, 5.41) is 9.59. The number of H-pyrrole nitrogens is 1. The predicted octanol–water partition coefficient (Wildman–Crippen LogP) is 5.81. The molecule has 57 heavy (non-hydrogen) atoms. The summed E-state index contributed by atoms with van der Waals surface area (Å²) in [6, 6.07) is 6.45. The molecule has 2 fully saturated rings. The van der Waals surface area contributed by atoms with E-state index in [0.29, 0.717) is 30.5 Å². The lowest BCUT2D eigenvalue weighted by Crippen LogP contribution is -2.56. The first-order chi connectivity index (χ1) is 26.4. The molecule has 2 saturated carbocycles. The molecular formula is C37H50N2O15S3. The maximum atomic E-state index is 13.2. The van der Waals surface area contributed by atoms with E-state index in [0.717, 1.165) is 36.0 Å². The van der Waals surface area contributed by atoms with Gasteiger partial charge in [0.05, 0.1) is 18.0 Å².